The molecule has 5 nitrogen and oxygen atoms in total. The fourth-order valence-electron chi connectivity index (χ4n) is 2.45. The molecular weight excluding hydrogens is 276 g/mol. The molecule has 6 heteroatoms. The molecule has 1 heterocycles. The van der Waals surface area contributed by atoms with Crippen LogP contribution in [0.1, 0.15) is 31.9 Å². The molecule has 112 valence electrons. The Morgan fingerprint density at radius 2 is 2.05 bits per heavy atom. The van der Waals surface area contributed by atoms with Crippen LogP contribution >= 0.6 is 0 Å². The SMILES string of the molecule is CNS(=O)(=O)CCNC1CC(C)(C)Oc2ccccc21. The first kappa shape index (κ1) is 15.3. The molecule has 0 radical (unpaired) electrons. The largest absolute Gasteiger partial charge is 0.487 e. The van der Waals surface area contributed by atoms with Gasteiger partial charge in [-0.15, -0.1) is 0 Å². The molecule has 1 aliphatic heterocycles. The zero-order valence-electron chi connectivity index (χ0n) is 12.1. The molecule has 0 amide bonds. The van der Waals surface area contributed by atoms with Crippen LogP contribution in [0.4, 0.5) is 0 Å². The minimum atomic E-state index is -3.17. The van der Waals surface area contributed by atoms with E-state index in [1.165, 1.54) is 7.05 Å². The lowest BCUT2D eigenvalue weighted by Crippen LogP contribution is -2.41. The number of fused-ring (bicyclic) bond motifs is 1. The van der Waals surface area contributed by atoms with Gasteiger partial charge < -0.3 is 10.1 Å². The summed E-state index contributed by atoms with van der Waals surface area (Å²) >= 11 is 0. The van der Waals surface area contributed by atoms with Crippen LogP contribution in [0.2, 0.25) is 0 Å². The van der Waals surface area contributed by atoms with Crippen molar-refractivity contribution >= 4 is 10.0 Å². The summed E-state index contributed by atoms with van der Waals surface area (Å²) in [5.41, 5.74) is 0.835. The Balaban J connectivity index is 2.08. The van der Waals surface area contributed by atoms with E-state index in [9.17, 15) is 8.42 Å². The highest BCUT2D eigenvalue weighted by Gasteiger charge is 2.33. The normalized spacial score (nSPS) is 21.1. The summed E-state index contributed by atoms with van der Waals surface area (Å²) in [5, 5.41) is 3.32. The van der Waals surface area contributed by atoms with Crippen LogP contribution in [0.15, 0.2) is 24.3 Å². The summed E-state index contributed by atoms with van der Waals surface area (Å²) in [6.07, 6.45) is 0.809. The standard InChI is InChI=1S/C14H22N2O3S/c1-14(2)10-12(16-8-9-20(17,18)15-3)11-6-4-5-7-13(11)19-14/h4-7,12,15-16H,8-10H2,1-3H3. The van der Waals surface area contributed by atoms with E-state index < -0.39 is 10.0 Å². The average Bonchev–Trinajstić information content (AvgIpc) is 2.37. The molecule has 20 heavy (non-hydrogen) atoms. The smallest absolute Gasteiger partial charge is 0.212 e. The Hall–Kier alpha value is -1.11. The molecule has 1 aromatic rings. The number of nitrogens with one attached hydrogen (secondary N) is 2. The van der Waals surface area contributed by atoms with Gasteiger partial charge in [-0.05, 0) is 27.0 Å². The van der Waals surface area contributed by atoms with Gasteiger partial charge in [-0.2, -0.15) is 0 Å². The summed E-state index contributed by atoms with van der Waals surface area (Å²) in [4.78, 5) is 0. The lowest BCUT2D eigenvalue weighted by atomic mass is 9.90. The Morgan fingerprint density at radius 1 is 1.35 bits per heavy atom. The maximum Gasteiger partial charge on any atom is 0.212 e. The van der Waals surface area contributed by atoms with E-state index in [1.54, 1.807) is 0 Å². The summed E-state index contributed by atoms with van der Waals surface area (Å²) < 4.78 is 31.1. The fraction of sp³-hybridized carbons (Fsp3) is 0.571. The van der Waals surface area contributed by atoms with Crippen molar-refractivity contribution in [2.45, 2.75) is 31.9 Å². The van der Waals surface area contributed by atoms with Crippen molar-refractivity contribution in [1.29, 1.82) is 0 Å². The second-order valence-corrected chi connectivity index (χ2v) is 7.68. The lowest BCUT2D eigenvalue weighted by molar-refractivity contribution is 0.0665. The van der Waals surface area contributed by atoms with Gasteiger partial charge >= 0.3 is 0 Å². The molecule has 0 aliphatic carbocycles. The third-order valence-electron chi connectivity index (χ3n) is 3.45. The van der Waals surface area contributed by atoms with Gasteiger partial charge in [0, 0.05) is 24.6 Å². The summed E-state index contributed by atoms with van der Waals surface area (Å²) in [6, 6.07) is 8.01. The molecule has 1 aromatic carbocycles. The van der Waals surface area contributed by atoms with Gasteiger partial charge in [0.1, 0.15) is 11.4 Å². The molecule has 2 N–H and O–H groups in total. The first-order valence-corrected chi connectivity index (χ1v) is 8.41. The number of hydrogen-bond donors (Lipinski definition) is 2. The van der Waals surface area contributed by atoms with Crippen molar-refractivity contribution in [2.75, 3.05) is 19.3 Å². The van der Waals surface area contributed by atoms with E-state index in [4.69, 9.17) is 4.74 Å². The van der Waals surface area contributed by atoms with Crippen molar-refractivity contribution in [2.24, 2.45) is 0 Å². The molecule has 0 aromatic heterocycles. The minimum absolute atomic E-state index is 0.0729. The van der Waals surface area contributed by atoms with Crippen LogP contribution in [0.3, 0.4) is 0 Å². The molecule has 1 atom stereocenters. The van der Waals surface area contributed by atoms with E-state index in [2.05, 4.69) is 10.0 Å². The van der Waals surface area contributed by atoms with Crippen LogP contribution in [0.25, 0.3) is 0 Å². The van der Waals surface area contributed by atoms with Crippen LogP contribution in [-0.2, 0) is 10.0 Å². The van der Waals surface area contributed by atoms with Gasteiger partial charge in [0.15, 0.2) is 0 Å². The quantitative estimate of drug-likeness (QED) is 0.863. The molecule has 0 spiro atoms. The number of para-hydroxylation sites is 1. The number of ether oxygens (including phenoxy) is 1. The highest BCUT2D eigenvalue weighted by Crippen LogP contribution is 2.38. The van der Waals surface area contributed by atoms with Crippen molar-refractivity contribution in [3.63, 3.8) is 0 Å². The zero-order chi connectivity index (χ0) is 14.8. The highest BCUT2D eigenvalue weighted by atomic mass is 32.2. The number of hydrogen-bond acceptors (Lipinski definition) is 4. The monoisotopic (exact) mass is 298 g/mol. The van der Waals surface area contributed by atoms with Gasteiger partial charge in [-0.3, -0.25) is 0 Å². The summed E-state index contributed by atoms with van der Waals surface area (Å²) in [6.45, 7) is 4.50. The highest BCUT2D eigenvalue weighted by molar-refractivity contribution is 7.89. The first-order chi connectivity index (χ1) is 9.33. The molecule has 0 saturated heterocycles. The number of rotatable bonds is 5. The second-order valence-electron chi connectivity index (χ2n) is 5.63. The predicted molar refractivity (Wildman–Crippen MR) is 79.4 cm³/mol. The average molecular weight is 298 g/mol. The Bertz CT molecular complexity index is 570. The van der Waals surface area contributed by atoms with E-state index in [0.717, 1.165) is 17.7 Å². The maximum atomic E-state index is 11.4. The summed E-state index contributed by atoms with van der Waals surface area (Å²) in [5.74, 6) is 0.946. The third-order valence-corrected chi connectivity index (χ3v) is 4.81. The van der Waals surface area contributed by atoms with E-state index in [0.29, 0.717) is 6.54 Å². The molecule has 1 unspecified atom stereocenters. The molecule has 2 rings (SSSR count). The molecular formula is C14H22N2O3S. The van der Waals surface area contributed by atoms with Gasteiger partial charge in [0.05, 0.1) is 5.75 Å². The van der Waals surface area contributed by atoms with E-state index in [1.807, 2.05) is 38.1 Å². The predicted octanol–water partition coefficient (Wildman–Crippen LogP) is 1.43. The van der Waals surface area contributed by atoms with Crippen LogP contribution in [0.5, 0.6) is 5.75 Å². The zero-order valence-corrected chi connectivity index (χ0v) is 13.0. The Labute approximate surface area is 120 Å². The van der Waals surface area contributed by atoms with Crippen molar-refractivity contribution in [1.82, 2.24) is 10.0 Å². The number of benzene rings is 1. The first-order valence-electron chi connectivity index (χ1n) is 6.75. The van der Waals surface area contributed by atoms with E-state index in [-0.39, 0.29) is 17.4 Å². The topological polar surface area (TPSA) is 67.4 Å². The minimum Gasteiger partial charge on any atom is -0.487 e. The van der Waals surface area contributed by atoms with Crippen molar-refractivity contribution < 1.29 is 13.2 Å². The van der Waals surface area contributed by atoms with Crippen LogP contribution < -0.4 is 14.8 Å². The molecule has 0 fully saturated rings. The van der Waals surface area contributed by atoms with Crippen molar-refractivity contribution in [3.8, 4) is 5.75 Å². The van der Waals surface area contributed by atoms with Gasteiger partial charge in [0.2, 0.25) is 10.0 Å². The molecule has 1 aliphatic rings. The second kappa shape index (κ2) is 5.71. The number of sulfonamides is 1. The fourth-order valence-corrected chi connectivity index (χ4v) is 3.04. The van der Waals surface area contributed by atoms with E-state index >= 15 is 0 Å². The Kier molecular flexibility index (Phi) is 4.36. The van der Waals surface area contributed by atoms with Gasteiger partial charge in [-0.25, -0.2) is 13.1 Å². The third kappa shape index (κ3) is 3.71. The van der Waals surface area contributed by atoms with Gasteiger partial charge in [-0.1, -0.05) is 18.2 Å². The molecule has 0 bridgehead atoms. The van der Waals surface area contributed by atoms with Crippen molar-refractivity contribution in [3.05, 3.63) is 29.8 Å². The maximum absolute atomic E-state index is 11.4. The lowest BCUT2D eigenvalue weighted by Gasteiger charge is -2.38. The summed E-state index contributed by atoms with van der Waals surface area (Å²) in [7, 11) is -1.74. The van der Waals surface area contributed by atoms with Crippen LogP contribution in [0, 0.1) is 0 Å². The van der Waals surface area contributed by atoms with Gasteiger partial charge in [0.25, 0.3) is 0 Å². The Morgan fingerprint density at radius 3 is 2.75 bits per heavy atom. The molecule has 0 saturated carbocycles. The van der Waals surface area contributed by atoms with Crippen LogP contribution in [-0.4, -0.2) is 33.4 Å².